The molecule has 1 aromatic carbocycles. The van der Waals surface area contributed by atoms with Gasteiger partial charge in [-0.3, -0.25) is 4.79 Å². The highest BCUT2D eigenvalue weighted by atomic mass is 16.5. The molecule has 0 saturated heterocycles. The van der Waals surface area contributed by atoms with E-state index in [1.165, 1.54) is 23.8 Å². The van der Waals surface area contributed by atoms with Gasteiger partial charge in [0, 0.05) is 11.7 Å². The first-order valence-corrected chi connectivity index (χ1v) is 8.81. The van der Waals surface area contributed by atoms with Gasteiger partial charge in [-0.2, -0.15) is 0 Å². The topological polar surface area (TPSA) is 31.2 Å². The number of hydrogen-bond acceptors (Lipinski definition) is 2. The average Bonchev–Trinajstić information content (AvgIpc) is 2.92. The Bertz CT molecular complexity index is 678. The molecule has 3 heteroatoms. The summed E-state index contributed by atoms with van der Waals surface area (Å²) < 4.78 is 7.66. The van der Waals surface area contributed by atoms with Crippen LogP contribution in [0.25, 0.3) is 10.9 Å². The lowest BCUT2D eigenvalue weighted by Crippen LogP contribution is -2.25. The molecule has 3 rings (SSSR count). The van der Waals surface area contributed by atoms with Crippen LogP contribution in [-0.4, -0.2) is 16.6 Å². The Morgan fingerprint density at radius 2 is 1.96 bits per heavy atom. The van der Waals surface area contributed by atoms with Crippen molar-refractivity contribution in [1.82, 2.24) is 4.57 Å². The van der Waals surface area contributed by atoms with E-state index in [0.29, 0.717) is 12.5 Å². The molecule has 1 aliphatic rings. The smallest absolute Gasteiger partial charge is 0.326 e. The van der Waals surface area contributed by atoms with Gasteiger partial charge in [0.15, 0.2) is 0 Å². The number of aromatic nitrogens is 1. The van der Waals surface area contributed by atoms with Crippen LogP contribution >= 0.6 is 0 Å². The van der Waals surface area contributed by atoms with Gasteiger partial charge in [-0.15, -0.1) is 0 Å². The Morgan fingerprint density at radius 3 is 2.65 bits per heavy atom. The average molecular weight is 313 g/mol. The largest absolute Gasteiger partial charge is 0.461 e. The SMILES string of the molecule is CC1CCC(OC(=O)Cn2ccc3cc(C(C)C)ccc32)CC1. The van der Waals surface area contributed by atoms with Crippen molar-refractivity contribution >= 4 is 16.9 Å². The minimum absolute atomic E-state index is 0.116. The number of ether oxygens (including phenoxy) is 1. The molecule has 0 unspecified atom stereocenters. The van der Waals surface area contributed by atoms with Gasteiger partial charge >= 0.3 is 5.97 Å². The Labute approximate surface area is 138 Å². The Morgan fingerprint density at radius 1 is 1.22 bits per heavy atom. The third-order valence-electron chi connectivity index (χ3n) is 5.02. The van der Waals surface area contributed by atoms with Crippen molar-refractivity contribution < 1.29 is 9.53 Å². The number of benzene rings is 1. The van der Waals surface area contributed by atoms with Crippen molar-refractivity contribution in [3.8, 4) is 0 Å². The zero-order valence-electron chi connectivity index (χ0n) is 14.4. The van der Waals surface area contributed by atoms with Crippen LogP contribution in [-0.2, 0) is 16.1 Å². The van der Waals surface area contributed by atoms with Crippen molar-refractivity contribution in [2.24, 2.45) is 5.92 Å². The van der Waals surface area contributed by atoms with Crippen molar-refractivity contribution in [3.63, 3.8) is 0 Å². The molecule has 0 atom stereocenters. The predicted octanol–water partition coefficient (Wildman–Crippen LogP) is 4.89. The predicted molar refractivity (Wildman–Crippen MR) is 93.5 cm³/mol. The van der Waals surface area contributed by atoms with Crippen LogP contribution in [0.15, 0.2) is 30.5 Å². The lowest BCUT2D eigenvalue weighted by atomic mass is 9.89. The zero-order chi connectivity index (χ0) is 16.4. The maximum absolute atomic E-state index is 12.2. The first-order valence-electron chi connectivity index (χ1n) is 8.81. The molecule has 0 N–H and O–H groups in total. The quantitative estimate of drug-likeness (QED) is 0.753. The van der Waals surface area contributed by atoms with E-state index in [2.05, 4.69) is 45.0 Å². The fraction of sp³-hybridized carbons (Fsp3) is 0.550. The van der Waals surface area contributed by atoms with Crippen LogP contribution in [0.3, 0.4) is 0 Å². The van der Waals surface area contributed by atoms with E-state index in [1.807, 2.05) is 10.8 Å². The van der Waals surface area contributed by atoms with E-state index in [9.17, 15) is 4.79 Å². The summed E-state index contributed by atoms with van der Waals surface area (Å²) in [4.78, 5) is 12.2. The summed E-state index contributed by atoms with van der Waals surface area (Å²) in [6, 6.07) is 8.55. The lowest BCUT2D eigenvalue weighted by molar-refractivity contribution is -0.151. The molecule has 0 bridgehead atoms. The van der Waals surface area contributed by atoms with Gasteiger partial charge in [-0.25, -0.2) is 0 Å². The summed E-state index contributed by atoms with van der Waals surface area (Å²) in [7, 11) is 0. The molecule has 1 aliphatic carbocycles. The molecule has 0 spiro atoms. The second kappa shape index (κ2) is 6.77. The Hall–Kier alpha value is -1.77. The molecule has 1 heterocycles. The lowest BCUT2D eigenvalue weighted by Gasteiger charge is -2.26. The number of rotatable bonds is 4. The number of hydrogen-bond donors (Lipinski definition) is 0. The van der Waals surface area contributed by atoms with Gasteiger partial charge < -0.3 is 9.30 Å². The third kappa shape index (κ3) is 3.77. The van der Waals surface area contributed by atoms with E-state index in [1.54, 1.807) is 0 Å². The summed E-state index contributed by atoms with van der Waals surface area (Å²) in [6.07, 6.45) is 6.46. The highest BCUT2D eigenvalue weighted by Crippen LogP contribution is 2.26. The molecule has 23 heavy (non-hydrogen) atoms. The monoisotopic (exact) mass is 313 g/mol. The van der Waals surface area contributed by atoms with E-state index < -0.39 is 0 Å². The molecular weight excluding hydrogens is 286 g/mol. The molecule has 3 nitrogen and oxygen atoms in total. The van der Waals surface area contributed by atoms with E-state index in [0.717, 1.165) is 24.3 Å². The molecule has 124 valence electrons. The van der Waals surface area contributed by atoms with Crippen LogP contribution in [0.1, 0.15) is 57.9 Å². The number of nitrogens with zero attached hydrogens (tertiary/aromatic N) is 1. The van der Waals surface area contributed by atoms with Gasteiger partial charge in [-0.05, 0) is 66.7 Å². The Balaban J connectivity index is 1.65. The van der Waals surface area contributed by atoms with Gasteiger partial charge in [0.1, 0.15) is 12.6 Å². The Kier molecular flexibility index (Phi) is 4.74. The maximum atomic E-state index is 12.2. The van der Waals surface area contributed by atoms with Crippen LogP contribution in [0.2, 0.25) is 0 Å². The first-order chi connectivity index (χ1) is 11.0. The highest BCUT2D eigenvalue weighted by molar-refractivity contribution is 5.82. The van der Waals surface area contributed by atoms with Crippen LogP contribution < -0.4 is 0 Å². The molecule has 2 aromatic rings. The normalized spacial score (nSPS) is 21.7. The van der Waals surface area contributed by atoms with Gasteiger partial charge in [0.2, 0.25) is 0 Å². The van der Waals surface area contributed by atoms with Gasteiger partial charge in [0.05, 0.1) is 0 Å². The summed E-state index contributed by atoms with van der Waals surface area (Å²) in [5.74, 6) is 1.17. The standard InChI is InChI=1S/C20H27NO2/c1-14(2)16-6-9-19-17(12-16)10-11-21(19)13-20(22)23-18-7-4-15(3)5-8-18/h6,9-12,14-15,18H,4-5,7-8,13H2,1-3H3. The van der Waals surface area contributed by atoms with Gasteiger partial charge in [-0.1, -0.05) is 26.8 Å². The molecule has 0 radical (unpaired) electrons. The highest BCUT2D eigenvalue weighted by Gasteiger charge is 2.21. The van der Waals surface area contributed by atoms with Crippen LogP contribution in [0.5, 0.6) is 0 Å². The number of esters is 1. The first kappa shape index (κ1) is 16.1. The number of carbonyl (C=O) groups is 1. The second-order valence-electron chi connectivity index (χ2n) is 7.29. The molecule has 0 aliphatic heterocycles. The maximum Gasteiger partial charge on any atom is 0.326 e. The summed E-state index contributed by atoms with van der Waals surface area (Å²) in [5.41, 5.74) is 2.43. The second-order valence-corrected chi connectivity index (χ2v) is 7.29. The van der Waals surface area contributed by atoms with Crippen LogP contribution in [0, 0.1) is 5.92 Å². The van der Waals surface area contributed by atoms with Crippen molar-refractivity contribution in [2.75, 3.05) is 0 Å². The van der Waals surface area contributed by atoms with Gasteiger partial charge in [0.25, 0.3) is 0 Å². The molecule has 1 fully saturated rings. The minimum atomic E-state index is -0.116. The summed E-state index contributed by atoms with van der Waals surface area (Å²) in [5, 5.41) is 1.19. The minimum Gasteiger partial charge on any atom is -0.461 e. The van der Waals surface area contributed by atoms with E-state index in [-0.39, 0.29) is 12.1 Å². The molecular formula is C20H27NO2. The number of fused-ring (bicyclic) bond motifs is 1. The summed E-state index contributed by atoms with van der Waals surface area (Å²) in [6.45, 7) is 6.97. The fourth-order valence-corrected chi connectivity index (χ4v) is 3.43. The molecule has 1 saturated carbocycles. The summed E-state index contributed by atoms with van der Waals surface area (Å²) >= 11 is 0. The van der Waals surface area contributed by atoms with Crippen LogP contribution in [0.4, 0.5) is 0 Å². The zero-order valence-corrected chi connectivity index (χ0v) is 14.4. The van der Waals surface area contributed by atoms with Crippen molar-refractivity contribution in [1.29, 1.82) is 0 Å². The third-order valence-corrected chi connectivity index (χ3v) is 5.02. The fourth-order valence-electron chi connectivity index (χ4n) is 3.43. The van der Waals surface area contributed by atoms with E-state index >= 15 is 0 Å². The van der Waals surface area contributed by atoms with E-state index in [4.69, 9.17) is 4.74 Å². The van der Waals surface area contributed by atoms with Crippen molar-refractivity contribution in [2.45, 2.75) is 65.0 Å². The molecule has 1 aromatic heterocycles. The number of carbonyl (C=O) groups excluding carboxylic acids is 1. The molecule has 0 amide bonds. The van der Waals surface area contributed by atoms with Crippen molar-refractivity contribution in [3.05, 3.63) is 36.0 Å².